The van der Waals surface area contributed by atoms with Crippen molar-refractivity contribution in [3.8, 4) is 0 Å². The fraction of sp³-hybridized carbons (Fsp3) is 0.786. The van der Waals surface area contributed by atoms with Gasteiger partial charge in [-0.2, -0.15) is 5.10 Å². The third-order valence-corrected chi connectivity index (χ3v) is 3.84. The maximum atomic E-state index is 12.5. The maximum absolute atomic E-state index is 12.5. The van der Waals surface area contributed by atoms with Crippen LogP contribution in [0.15, 0.2) is 12.7 Å². The summed E-state index contributed by atoms with van der Waals surface area (Å²) in [5, 5.41) is 7.52. The van der Waals surface area contributed by atoms with Crippen molar-refractivity contribution in [3.05, 3.63) is 12.7 Å². The van der Waals surface area contributed by atoms with E-state index < -0.39 is 0 Å². The van der Waals surface area contributed by atoms with Crippen molar-refractivity contribution in [1.29, 1.82) is 0 Å². The Morgan fingerprint density at radius 2 is 2.25 bits per heavy atom. The van der Waals surface area contributed by atoms with Crippen molar-refractivity contribution in [1.82, 2.24) is 25.0 Å². The van der Waals surface area contributed by atoms with Crippen molar-refractivity contribution in [2.45, 2.75) is 45.7 Å². The van der Waals surface area contributed by atoms with Gasteiger partial charge in [-0.3, -0.25) is 4.79 Å². The van der Waals surface area contributed by atoms with Gasteiger partial charge in [0.15, 0.2) is 0 Å². The third kappa shape index (κ3) is 3.79. The molecule has 1 aromatic heterocycles. The number of carbonyl (C=O) groups excluding carboxylic acids is 1. The SMILES string of the molecule is CC(C)NCC1CCCN(C(=O)C(C)n2cncn2)C1. The zero-order chi connectivity index (χ0) is 14.5. The molecule has 2 unspecified atom stereocenters. The number of hydrogen-bond acceptors (Lipinski definition) is 4. The van der Waals surface area contributed by atoms with Gasteiger partial charge in [0.05, 0.1) is 0 Å². The topological polar surface area (TPSA) is 63.1 Å². The second-order valence-corrected chi connectivity index (χ2v) is 5.91. The number of amides is 1. The van der Waals surface area contributed by atoms with E-state index >= 15 is 0 Å². The molecule has 6 nitrogen and oxygen atoms in total. The first-order chi connectivity index (χ1) is 9.58. The van der Waals surface area contributed by atoms with Gasteiger partial charge in [-0.05, 0) is 32.2 Å². The van der Waals surface area contributed by atoms with Gasteiger partial charge in [0.25, 0.3) is 0 Å². The minimum absolute atomic E-state index is 0.143. The van der Waals surface area contributed by atoms with Crippen LogP contribution in [-0.4, -0.2) is 51.2 Å². The molecule has 0 aromatic carbocycles. The first kappa shape index (κ1) is 15.0. The number of hydrogen-bond donors (Lipinski definition) is 1. The van der Waals surface area contributed by atoms with Crippen LogP contribution in [0.25, 0.3) is 0 Å². The second kappa shape index (κ2) is 6.83. The van der Waals surface area contributed by atoms with Gasteiger partial charge in [-0.25, -0.2) is 9.67 Å². The Hall–Kier alpha value is -1.43. The standard InChI is InChI=1S/C14H25N5O/c1-11(2)16-7-13-5-4-6-18(8-13)14(20)12(3)19-10-15-9-17-19/h9-13,16H,4-8H2,1-3H3. The molecule has 0 spiro atoms. The molecule has 1 N–H and O–H groups in total. The monoisotopic (exact) mass is 279 g/mol. The minimum atomic E-state index is -0.269. The summed E-state index contributed by atoms with van der Waals surface area (Å²) >= 11 is 0. The van der Waals surface area contributed by atoms with E-state index in [9.17, 15) is 4.79 Å². The number of piperidine rings is 1. The van der Waals surface area contributed by atoms with E-state index in [2.05, 4.69) is 29.2 Å². The summed E-state index contributed by atoms with van der Waals surface area (Å²) in [4.78, 5) is 18.4. The number of likely N-dealkylation sites (tertiary alicyclic amines) is 1. The van der Waals surface area contributed by atoms with E-state index in [1.165, 1.54) is 12.7 Å². The Balaban J connectivity index is 1.89. The fourth-order valence-corrected chi connectivity index (χ4v) is 2.63. The number of aromatic nitrogens is 3. The van der Waals surface area contributed by atoms with Crippen LogP contribution in [0.2, 0.25) is 0 Å². The molecule has 1 saturated heterocycles. The predicted molar refractivity (Wildman–Crippen MR) is 77.2 cm³/mol. The number of nitrogens with zero attached hydrogens (tertiary/aromatic N) is 4. The molecule has 112 valence electrons. The zero-order valence-electron chi connectivity index (χ0n) is 12.6. The van der Waals surface area contributed by atoms with Crippen LogP contribution in [0.3, 0.4) is 0 Å². The van der Waals surface area contributed by atoms with E-state index in [4.69, 9.17) is 0 Å². The van der Waals surface area contributed by atoms with Crippen molar-refractivity contribution in [3.63, 3.8) is 0 Å². The highest BCUT2D eigenvalue weighted by Crippen LogP contribution is 2.19. The lowest BCUT2D eigenvalue weighted by Gasteiger charge is -2.34. The van der Waals surface area contributed by atoms with Crippen LogP contribution >= 0.6 is 0 Å². The van der Waals surface area contributed by atoms with Gasteiger partial charge in [-0.1, -0.05) is 13.8 Å². The molecule has 0 bridgehead atoms. The second-order valence-electron chi connectivity index (χ2n) is 5.91. The van der Waals surface area contributed by atoms with Crippen molar-refractivity contribution in [2.24, 2.45) is 5.92 Å². The molecule has 2 atom stereocenters. The Morgan fingerprint density at radius 3 is 2.90 bits per heavy atom. The van der Waals surface area contributed by atoms with Gasteiger partial charge in [0.2, 0.25) is 5.91 Å². The summed E-state index contributed by atoms with van der Waals surface area (Å²) in [6, 6.07) is 0.226. The predicted octanol–water partition coefficient (Wildman–Crippen LogP) is 1.08. The van der Waals surface area contributed by atoms with Crippen molar-refractivity contribution in [2.75, 3.05) is 19.6 Å². The summed E-state index contributed by atoms with van der Waals surface area (Å²) < 4.78 is 1.62. The molecule has 1 aliphatic heterocycles. The normalized spacial score (nSPS) is 21.2. The Bertz CT molecular complexity index is 417. The van der Waals surface area contributed by atoms with E-state index in [1.807, 2.05) is 11.8 Å². The molecular weight excluding hydrogens is 254 g/mol. The Kier molecular flexibility index (Phi) is 5.11. The molecule has 0 radical (unpaired) electrons. The first-order valence-electron chi connectivity index (χ1n) is 7.44. The maximum Gasteiger partial charge on any atom is 0.247 e. The summed E-state index contributed by atoms with van der Waals surface area (Å²) in [5.41, 5.74) is 0. The van der Waals surface area contributed by atoms with Crippen LogP contribution in [-0.2, 0) is 4.79 Å². The lowest BCUT2D eigenvalue weighted by atomic mass is 9.97. The van der Waals surface area contributed by atoms with E-state index in [-0.39, 0.29) is 11.9 Å². The largest absolute Gasteiger partial charge is 0.341 e. The smallest absolute Gasteiger partial charge is 0.247 e. The van der Waals surface area contributed by atoms with Crippen LogP contribution in [0.1, 0.15) is 39.7 Å². The average Bonchev–Trinajstić information content (AvgIpc) is 2.98. The summed E-state index contributed by atoms with van der Waals surface area (Å²) in [6.45, 7) is 8.87. The van der Waals surface area contributed by atoms with E-state index in [1.54, 1.807) is 11.0 Å². The lowest BCUT2D eigenvalue weighted by molar-refractivity contribution is -0.136. The van der Waals surface area contributed by atoms with Gasteiger partial charge >= 0.3 is 0 Å². The molecule has 1 fully saturated rings. The summed E-state index contributed by atoms with van der Waals surface area (Å²) in [7, 11) is 0. The highest BCUT2D eigenvalue weighted by atomic mass is 16.2. The third-order valence-electron chi connectivity index (χ3n) is 3.84. The Labute approximate surface area is 120 Å². The lowest BCUT2D eigenvalue weighted by Crippen LogP contribution is -2.45. The molecule has 0 saturated carbocycles. The molecule has 0 aliphatic carbocycles. The molecule has 1 amide bonds. The summed E-state index contributed by atoms with van der Waals surface area (Å²) in [5.74, 6) is 0.697. The average molecular weight is 279 g/mol. The molecule has 2 rings (SSSR count). The fourth-order valence-electron chi connectivity index (χ4n) is 2.63. The number of nitrogens with one attached hydrogen (secondary N) is 1. The van der Waals surface area contributed by atoms with Crippen LogP contribution in [0, 0.1) is 5.92 Å². The highest BCUT2D eigenvalue weighted by molar-refractivity contribution is 5.80. The van der Waals surface area contributed by atoms with E-state index in [0.717, 1.165) is 26.1 Å². The Morgan fingerprint density at radius 1 is 1.45 bits per heavy atom. The highest BCUT2D eigenvalue weighted by Gasteiger charge is 2.27. The molecule has 20 heavy (non-hydrogen) atoms. The quantitative estimate of drug-likeness (QED) is 0.876. The van der Waals surface area contributed by atoms with Gasteiger partial charge in [-0.15, -0.1) is 0 Å². The molecule has 1 aromatic rings. The summed E-state index contributed by atoms with van der Waals surface area (Å²) in [6.07, 6.45) is 5.35. The van der Waals surface area contributed by atoms with Crippen LogP contribution in [0.5, 0.6) is 0 Å². The first-order valence-corrected chi connectivity index (χ1v) is 7.44. The number of carbonyl (C=O) groups is 1. The zero-order valence-corrected chi connectivity index (χ0v) is 12.6. The molecular formula is C14H25N5O. The van der Waals surface area contributed by atoms with Crippen molar-refractivity contribution < 1.29 is 4.79 Å². The van der Waals surface area contributed by atoms with Crippen LogP contribution in [0.4, 0.5) is 0 Å². The van der Waals surface area contributed by atoms with Crippen LogP contribution < -0.4 is 5.32 Å². The number of rotatable bonds is 5. The van der Waals surface area contributed by atoms with Gasteiger partial charge in [0, 0.05) is 19.1 Å². The molecule has 2 heterocycles. The van der Waals surface area contributed by atoms with E-state index in [0.29, 0.717) is 12.0 Å². The molecule has 6 heteroatoms. The molecule has 1 aliphatic rings. The minimum Gasteiger partial charge on any atom is -0.341 e. The van der Waals surface area contributed by atoms with Gasteiger partial charge in [0.1, 0.15) is 18.7 Å². The van der Waals surface area contributed by atoms with Gasteiger partial charge < -0.3 is 10.2 Å². The van der Waals surface area contributed by atoms with Crippen molar-refractivity contribution >= 4 is 5.91 Å².